The van der Waals surface area contributed by atoms with Gasteiger partial charge in [-0.2, -0.15) is 0 Å². The van der Waals surface area contributed by atoms with Gasteiger partial charge in [0.05, 0.1) is 24.2 Å². The van der Waals surface area contributed by atoms with Gasteiger partial charge in [0.25, 0.3) is 5.91 Å². The standard InChI is InChI=1S/C17H19NO5S/c1-22-10-13-6-8-24-15(13)16(19)18-7-5-11-3-4-12(17(20)21)9-14(11)23-2/h3-4,6,8-9H,5,7,10H2,1-2H3,(H,18,19)(H,20,21). The van der Waals surface area contributed by atoms with Crippen molar-refractivity contribution in [1.29, 1.82) is 0 Å². The summed E-state index contributed by atoms with van der Waals surface area (Å²) in [6, 6.07) is 6.58. The molecule has 1 heterocycles. The number of aromatic carboxylic acids is 1. The summed E-state index contributed by atoms with van der Waals surface area (Å²) >= 11 is 1.37. The van der Waals surface area contributed by atoms with Gasteiger partial charge < -0.3 is 19.9 Å². The minimum Gasteiger partial charge on any atom is -0.496 e. The molecule has 1 aromatic carbocycles. The van der Waals surface area contributed by atoms with Gasteiger partial charge in [0.1, 0.15) is 5.75 Å². The molecule has 0 aliphatic heterocycles. The fourth-order valence-electron chi connectivity index (χ4n) is 2.28. The van der Waals surface area contributed by atoms with Gasteiger partial charge in [0.2, 0.25) is 0 Å². The van der Waals surface area contributed by atoms with Crippen LogP contribution in [0.5, 0.6) is 5.75 Å². The summed E-state index contributed by atoms with van der Waals surface area (Å²) in [5.74, 6) is -0.643. The monoisotopic (exact) mass is 349 g/mol. The Morgan fingerprint density at radius 1 is 1.21 bits per heavy atom. The van der Waals surface area contributed by atoms with E-state index < -0.39 is 5.97 Å². The number of amides is 1. The quantitative estimate of drug-likeness (QED) is 0.765. The summed E-state index contributed by atoms with van der Waals surface area (Å²) in [5, 5.41) is 13.7. The predicted octanol–water partition coefficient (Wildman–Crippen LogP) is 2.57. The Morgan fingerprint density at radius 3 is 2.67 bits per heavy atom. The highest BCUT2D eigenvalue weighted by atomic mass is 32.1. The van der Waals surface area contributed by atoms with Crippen molar-refractivity contribution >= 4 is 23.2 Å². The fraction of sp³-hybridized carbons (Fsp3) is 0.294. The zero-order valence-electron chi connectivity index (χ0n) is 13.5. The van der Waals surface area contributed by atoms with E-state index in [4.69, 9.17) is 14.6 Å². The minimum absolute atomic E-state index is 0.141. The van der Waals surface area contributed by atoms with E-state index in [0.717, 1.165) is 11.1 Å². The van der Waals surface area contributed by atoms with E-state index in [9.17, 15) is 9.59 Å². The molecule has 0 bridgehead atoms. The summed E-state index contributed by atoms with van der Waals surface area (Å²) in [4.78, 5) is 23.8. The molecule has 0 saturated heterocycles. The number of nitrogens with one attached hydrogen (secondary N) is 1. The van der Waals surface area contributed by atoms with Crippen LogP contribution in [0.25, 0.3) is 0 Å². The van der Waals surface area contributed by atoms with Gasteiger partial charge in [-0.15, -0.1) is 11.3 Å². The van der Waals surface area contributed by atoms with Gasteiger partial charge in [0, 0.05) is 19.2 Å². The molecule has 2 rings (SSSR count). The van der Waals surface area contributed by atoms with Crippen LogP contribution >= 0.6 is 11.3 Å². The summed E-state index contributed by atoms with van der Waals surface area (Å²) in [6.45, 7) is 0.822. The molecule has 2 aromatic rings. The maximum absolute atomic E-state index is 12.2. The topological polar surface area (TPSA) is 84.9 Å². The van der Waals surface area contributed by atoms with Gasteiger partial charge in [-0.1, -0.05) is 6.07 Å². The summed E-state index contributed by atoms with van der Waals surface area (Å²) in [7, 11) is 3.08. The van der Waals surface area contributed by atoms with E-state index in [2.05, 4.69) is 5.32 Å². The van der Waals surface area contributed by atoms with E-state index in [1.807, 2.05) is 11.4 Å². The molecule has 7 heteroatoms. The molecule has 0 radical (unpaired) electrons. The first-order valence-electron chi connectivity index (χ1n) is 7.30. The van der Waals surface area contributed by atoms with Crippen molar-refractivity contribution in [2.75, 3.05) is 20.8 Å². The Labute approximate surface area is 144 Å². The zero-order chi connectivity index (χ0) is 17.5. The summed E-state index contributed by atoms with van der Waals surface area (Å²) in [6.07, 6.45) is 0.541. The molecule has 24 heavy (non-hydrogen) atoms. The number of carbonyl (C=O) groups excluding carboxylic acids is 1. The van der Waals surface area contributed by atoms with E-state index in [0.29, 0.717) is 30.2 Å². The number of carboxylic acids is 1. The third-order valence-electron chi connectivity index (χ3n) is 3.47. The Bertz CT molecular complexity index is 726. The number of hydrogen-bond acceptors (Lipinski definition) is 5. The van der Waals surface area contributed by atoms with Gasteiger partial charge >= 0.3 is 5.97 Å². The Balaban J connectivity index is 1.97. The molecule has 0 aliphatic carbocycles. The SMILES string of the molecule is COCc1ccsc1C(=O)NCCc1ccc(C(=O)O)cc1OC. The molecule has 1 amide bonds. The lowest BCUT2D eigenvalue weighted by atomic mass is 10.1. The van der Waals surface area contributed by atoms with Crippen LogP contribution in [0.1, 0.15) is 31.2 Å². The third kappa shape index (κ3) is 4.33. The second-order valence-electron chi connectivity index (χ2n) is 5.05. The largest absolute Gasteiger partial charge is 0.496 e. The van der Waals surface area contributed by atoms with Gasteiger partial charge in [-0.25, -0.2) is 4.79 Å². The first-order valence-corrected chi connectivity index (χ1v) is 8.18. The smallest absolute Gasteiger partial charge is 0.335 e. The molecule has 0 aliphatic rings. The number of carboxylic acid groups (broad SMARTS) is 1. The zero-order valence-corrected chi connectivity index (χ0v) is 14.3. The van der Waals surface area contributed by atoms with Crippen LogP contribution in [-0.4, -0.2) is 37.7 Å². The molecule has 1 aromatic heterocycles. The molecule has 0 unspecified atom stereocenters. The van der Waals surface area contributed by atoms with Crippen molar-refractivity contribution in [3.63, 3.8) is 0 Å². The lowest BCUT2D eigenvalue weighted by Gasteiger charge is -2.10. The van der Waals surface area contributed by atoms with Crippen LogP contribution in [0.15, 0.2) is 29.6 Å². The van der Waals surface area contributed by atoms with Crippen molar-refractivity contribution in [2.24, 2.45) is 0 Å². The minimum atomic E-state index is -1.00. The normalized spacial score (nSPS) is 10.4. The van der Waals surface area contributed by atoms with E-state index >= 15 is 0 Å². The number of methoxy groups -OCH3 is 2. The summed E-state index contributed by atoms with van der Waals surface area (Å²) < 4.78 is 10.3. The predicted molar refractivity (Wildman–Crippen MR) is 91.0 cm³/mol. The third-order valence-corrected chi connectivity index (χ3v) is 4.42. The van der Waals surface area contributed by atoms with Crippen LogP contribution < -0.4 is 10.1 Å². The molecule has 2 N–H and O–H groups in total. The lowest BCUT2D eigenvalue weighted by molar-refractivity contribution is 0.0696. The Kier molecular flexibility index (Phi) is 6.34. The number of benzene rings is 1. The van der Waals surface area contributed by atoms with Crippen molar-refractivity contribution in [3.8, 4) is 5.75 Å². The maximum atomic E-state index is 12.2. The van der Waals surface area contributed by atoms with Crippen LogP contribution in [0.3, 0.4) is 0 Å². The molecule has 128 valence electrons. The van der Waals surface area contributed by atoms with Crippen LogP contribution in [0.4, 0.5) is 0 Å². The highest BCUT2D eigenvalue weighted by Gasteiger charge is 2.13. The molecule has 6 nitrogen and oxygen atoms in total. The highest BCUT2D eigenvalue weighted by molar-refractivity contribution is 7.12. The molecular formula is C17H19NO5S. The molecule has 0 atom stereocenters. The van der Waals surface area contributed by atoms with Crippen molar-refractivity contribution < 1.29 is 24.2 Å². The number of hydrogen-bond donors (Lipinski definition) is 2. The molecular weight excluding hydrogens is 330 g/mol. The number of ether oxygens (including phenoxy) is 2. The average Bonchev–Trinajstić information content (AvgIpc) is 3.03. The van der Waals surface area contributed by atoms with E-state index in [1.54, 1.807) is 13.2 Å². The van der Waals surface area contributed by atoms with Crippen molar-refractivity contribution in [1.82, 2.24) is 5.32 Å². The van der Waals surface area contributed by atoms with Crippen molar-refractivity contribution in [2.45, 2.75) is 13.0 Å². The number of thiophene rings is 1. The number of carbonyl (C=O) groups is 2. The second-order valence-corrected chi connectivity index (χ2v) is 5.96. The second kappa shape index (κ2) is 8.47. The first-order chi connectivity index (χ1) is 11.6. The Hall–Kier alpha value is -2.38. The molecule has 0 fully saturated rings. The molecule has 0 spiro atoms. The maximum Gasteiger partial charge on any atom is 0.335 e. The van der Waals surface area contributed by atoms with Crippen LogP contribution in [-0.2, 0) is 17.8 Å². The van der Waals surface area contributed by atoms with E-state index in [1.165, 1.54) is 30.6 Å². The first kappa shape index (κ1) is 18.0. The van der Waals surface area contributed by atoms with Gasteiger partial charge in [-0.05, 0) is 35.6 Å². The van der Waals surface area contributed by atoms with E-state index in [-0.39, 0.29) is 11.5 Å². The number of rotatable bonds is 8. The van der Waals surface area contributed by atoms with Crippen molar-refractivity contribution in [3.05, 3.63) is 51.2 Å². The fourth-order valence-corrected chi connectivity index (χ4v) is 3.11. The summed E-state index contributed by atoms with van der Waals surface area (Å²) in [5.41, 5.74) is 1.87. The lowest BCUT2D eigenvalue weighted by Crippen LogP contribution is -2.25. The van der Waals surface area contributed by atoms with Crippen LogP contribution in [0, 0.1) is 0 Å². The van der Waals surface area contributed by atoms with Gasteiger partial charge in [-0.3, -0.25) is 4.79 Å². The molecule has 0 saturated carbocycles. The highest BCUT2D eigenvalue weighted by Crippen LogP contribution is 2.21. The van der Waals surface area contributed by atoms with Crippen LogP contribution in [0.2, 0.25) is 0 Å². The van der Waals surface area contributed by atoms with Gasteiger partial charge in [0.15, 0.2) is 0 Å². The average molecular weight is 349 g/mol. The Morgan fingerprint density at radius 2 is 2.00 bits per heavy atom.